The summed E-state index contributed by atoms with van der Waals surface area (Å²) in [5, 5.41) is 0. The van der Waals surface area contributed by atoms with Crippen molar-refractivity contribution >= 4 is 21.7 Å². The number of Topliss-reactive ketones (excluding diaryl/α,β-unsaturated/α-hetero) is 1. The van der Waals surface area contributed by atoms with Crippen LogP contribution >= 0.6 is 15.9 Å². The van der Waals surface area contributed by atoms with Crippen molar-refractivity contribution in [3.63, 3.8) is 0 Å². The standard InChI is InChI=1S/C11H15BrO/c1-2-3-7-11(12)9-6-4-5-8(9)10(11)13/h4,6,8-9H,2-3,5,7H2,1H3/t8-,9+,11+/m1/s1. The van der Waals surface area contributed by atoms with E-state index in [1.165, 1.54) is 6.42 Å². The number of hydrogen-bond acceptors (Lipinski definition) is 1. The number of fused-ring (bicyclic) bond motifs is 1. The lowest BCUT2D eigenvalue weighted by atomic mass is 9.63. The number of carbonyl (C=O) groups is 1. The smallest absolute Gasteiger partial charge is 0.154 e. The molecule has 72 valence electrons. The van der Waals surface area contributed by atoms with Gasteiger partial charge in [0.1, 0.15) is 0 Å². The molecule has 0 radical (unpaired) electrons. The van der Waals surface area contributed by atoms with Crippen LogP contribution in [0.4, 0.5) is 0 Å². The molecule has 0 saturated heterocycles. The molecule has 2 aliphatic carbocycles. The molecule has 0 aliphatic heterocycles. The molecular formula is C11H15BrO. The van der Waals surface area contributed by atoms with Crippen LogP contribution in [-0.2, 0) is 4.79 Å². The summed E-state index contributed by atoms with van der Waals surface area (Å²) in [5.41, 5.74) is 0. The second-order valence-corrected chi connectivity index (χ2v) is 5.54. The van der Waals surface area contributed by atoms with Crippen LogP contribution in [0.2, 0.25) is 0 Å². The van der Waals surface area contributed by atoms with Gasteiger partial charge in [0, 0.05) is 11.8 Å². The van der Waals surface area contributed by atoms with Gasteiger partial charge >= 0.3 is 0 Å². The van der Waals surface area contributed by atoms with E-state index in [1.54, 1.807) is 0 Å². The van der Waals surface area contributed by atoms with Crippen molar-refractivity contribution in [3.8, 4) is 0 Å². The van der Waals surface area contributed by atoms with Crippen LogP contribution in [0, 0.1) is 11.8 Å². The summed E-state index contributed by atoms with van der Waals surface area (Å²) >= 11 is 3.64. The molecule has 1 fully saturated rings. The Bertz CT molecular complexity index is 259. The molecule has 0 N–H and O–H groups in total. The van der Waals surface area contributed by atoms with Crippen molar-refractivity contribution in [2.24, 2.45) is 11.8 Å². The van der Waals surface area contributed by atoms with Gasteiger partial charge in [0.05, 0.1) is 4.32 Å². The minimum Gasteiger partial charge on any atom is -0.298 e. The average molecular weight is 243 g/mol. The molecular weight excluding hydrogens is 228 g/mol. The first-order valence-corrected chi connectivity index (χ1v) is 5.89. The summed E-state index contributed by atoms with van der Waals surface area (Å²) in [7, 11) is 0. The highest BCUT2D eigenvalue weighted by molar-refractivity contribution is 9.10. The highest BCUT2D eigenvalue weighted by Crippen LogP contribution is 2.54. The van der Waals surface area contributed by atoms with E-state index in [0.29, 0.717) is 17.6 Å². The fourth-order valence-electron chi connectivity index (χ4n) is 2.49. The average Bonchev–Trinajstić information content (AvgIpc) is 2.59. The van der Waals surface area contributed by atoms with E-state index in [0.717, 1.165) is 19.3 Å². The zero-order valence-corrected chi connectivity index (χ0v) is 9.51. The first-order chi connectivity index (χ1) is 6.20. The van der Waals surface area contributed by atoms with Gasteiger partial charge in [-0.15, -0.1) is 0 Å². The zero-order chi connectivity index (χ0) is 9.47. The summed E-state index contributed by atoms with van der Waals surface area (Å²) in [4.78, 5) is 11.8. The highest BCUT2D eigenvalue weighted by Gasteiger charge is 2.59. The van der Waals surface area contributed by atoms with E-state index >= 15 is 0 Å². The molecule has 13 heavy (non-hydrogen) atoms. The molecule has 0 unspecified atom stereocenters. The lowest BCUT2D eigenvalue weighted by molar-refractivity contribution is -0.136. The van der Waals surface area contributed by atoms with Gasteiger partial charge in [0.25, 0.3) is 0 Å². The topological polar surface area (TPSA) is 17.1 Å². The maximum Gasteiger partial charge on any atom is 0.154 e. The SMILES string of the molecule is CCCC[C@@]1(Br)C(=O)[C@@H]2CC=C[C@@H]21. The van der Waals surface area contributed by atoms with Crippen LogP contribution in [0.25, 0.3) is 0 Å². The molecule has 0 aromatic rings. The predicted molar refractivity (Wildman–Crippen MR) is 56.9 cm³/mol. The van der Waals surface area contributed by atoms with Gasteiger partial charge in [0.15, 0.2) is 5.78 Å². The second-order valence-electron chi connectivity index (χ2n) is 4.13. The second kappa shape index (κ2) is 3.23. The van der Waals surface area contributed by atoms with Crippen molar-refractivity contribution in [2.75, 3.05) is 0 Å². The Hall–Kier alpha value is -0.110. The van der Waals surface area contributed by atoms with Gasteiger partial charge in [-0.2, -0.15) is 0 Å². The largest absolute Gasteiger partial charge is 0.298 e. The van der Waals surface area contributed by atoms with Crippen LogP contribution in [0.5, 0.6) is 0 Å². The molecule has 0 bridgehead atoms. The number of allylic oxidation sites excluding steroid dienone is 2. The number of rotatable bonds is 3. The van der Waals surface area contributed by atoms with E-state index in [4.69, 9.17) is 0 Å². The first kappa shape index (κ1) is 9.45. The Kier molecular flexibility index (Phi) is 2.35. The summed E-state index contributed by atoms with van der Waals surface area (Å²) in [5.74, 6) is 1.25. The number of hydrogen-bond donors (Lipinski definition) is 0. The predicted octanol–water partition coefficient (Wildman–Crippen LogP) is 3.09. The van der Waals surface area contributed by atoms with Gasteiger partial charge in [-0.25, -0.2) is 0 Å². The van der Waals surface area contributed by atoms with E-state index in [-0.39, 0.29) is 4.32 Å². The number of ketones is 1. The van der Waals surface area contributed by atoms with E-state index < -0.39 is 0 Å². The third kappa shape index (κ3) is 1.22. The molecule has 2 rings (SSSR count). The van der Waals surface area contributed by atoms with Crippen molar-refractivity contribution in [2.45, 2.75) is 36.9 Å². The fraction of sp³-hybridized carbons (Fsp3) is 0.727. The summed E-state index contributed by atoms with van der Waals surface area (Å²) < 4.78 is -0.180. The Morgan fingerprint density at radius 1 is 1.69 bits per heavy atom. The number of carbonyl (C=O) groups excluding carboxylic acids is 1. The molecule has 0 amide bonds. The maximum absolute atomic E-state index is 11.8. The quantitative estimate of drug-likeness (QED) is 0.550. The molecule has 0 aromatic carbocycles. The highest BCUT2D eigenvalue weighted by atomic mass is 79.9. The minimum atomic E-state index is -0.180. The molecule has 3 atom stereocenters. The van der Waals surface area contributed by atoms with Crippen LogP contribution in [-0.4, -0.2) is 10.1 Å². The van der Waals surface area contributed by atoms with Gasteiger partial charge in [-0.1, -0.05) is 47.8 Å². The molecule has 2 heteroatoms. The van der Waals surface area contributed by atoms with Crippen LogP contribution in [0.3, 0.4) is 0 Å². The summed E-state index contributed by atoms with van der Waals surface area (Å²) in [6, 6.07) is 0. The molecule has 1 nitrogen and oxygen atoms in total. The van der Waals surface area contributed by atoms with Gasteiger partial charge < -0.3 is 0 Å². The third-order valence-corrected chi connectivity index (χ3v) is 4.65. The Morgan fingerprint density at radius 2 is 2.46 bits per heavy atom. The molecule has 2 aliphatic rings. The van der Waals surface area contributed by atoms with Gasteiger partial charge in [0.2, 0.25) is 0 Å². The monoisotopic (exact) mass is 242 g/mol. The van der Waals surface area contributed by atoms with Crippen molar-refractivity contribution in [1.29, 1.82) is 0 Å². The Morgan fingerprint density at radius 3 is 3.15 bits per heavy atom. The van der Waals surface area contributed by atoms with Gasteiger partial charge in [-0.3, -0.25) is 4.79 Å². The number of unbranched alkanes of at least 4 members (excludes halogenated alkanes) is 1. The minimum absolute atomic E-state index is 0.180. The van der Waals surface area contributed by atoms with Crippen molar-refractivity contribution in [1.82, 2.24) is 0 Å². The molecule has 1 saturated carbocycles. The summed E-state index contributed by atoms with van der Waals surface area (Å²) in [6.07, 6.45) is 8.67. The normalized spacial score (nSPS) is 41.8. The summed E-state index contributed by atoms with van der Waals surface area (Å²) in [6.45, 7) is 2.17. The lowest BCUT2D eigenvalue weighted by Crippen LogP contribution is -2.57. The lowest BCUT2D eigenvalue weighted by Gasteiger charge is -2.46. The first-order valence-electron chi connectivity index (χ1n) is 5.10. The van der Waals surface area contributed by atoms with Crippen LogP contribution < -0.4 is 0 Å². The van der Waals surface area contributed by atoms with Crippen LogP contribution in [0.1, 0.15) is 32.6 Å². The Balaban J connectivity index is 2.06. The molecule has 0 aromatic heterocycles. The fourth-order valence-corrected chi connectivity index (χ4v) is 3.54. The van der Waals surface area contributed by atoms with E-state index in [9.17, 15) is 4.79 Å². The van der Waals surface area contributed by atoms with Crippen molar-refractivity contribution in [3.05, 3.63) is 12.2 Å². The zero-order valence-electron chi connectivity index (χ0n) is 7.92. The molecule has 0 heterocycles. The molecule has 0 spiro atoms. The Labute approximate surface area is 87.7 Å². The number of alkyl halides is 1. The van der Waals surface area contributed by atoms with Crippen molar-refractivity contribution < 1.29 is 4.79 Å². The third-order valence-electron chi connectivity index (χ3n) is 3.34. The van der Waals surface area contributed by atoms with E-state index in [1.807, 2.05) is 0 Å². The van der Waals surface area contributed by atoms with E-state index in [2.05, 4.69) is 35.0 Å². The van der Waals surface area contributed by atoms with Gasteiger partial charge in [-0.05, 0) is 12.8 Å². The van der Waals surface area contributed by atoms with Crippen LogP contribution in [0.15, 0.2) is 12.2 Å². The maximum atomic E-state index is 11.8. The number of halogens is 1.